The molecule has 0 saturated carbocycles. The van der Waals surface area contributed by atoms with Crippen LogP contribution in [0.2, 0.25) is 0 Å². The molecule has 4 aromatic rings. The summed E-state index contributed by atoms with van der Waals surface area (Å²) < 4.78 is 1.09. The number of hydrogen-bond donors (Lipinski definition) is 2. The van der Waals surface area contributed by atoms with Gasteiger partial charge in [-0.05, 0) is 49.4 Å². The summed E-state index contributed by atoms with van der Waals surface area (Å²) in [5.41, 5.74) is 1.87. The number of carboxylic acid groups (broad SMARTS) is 1. The third kappa shape index (κ3) is 4.73. The topological polar surface area (TPSA) is 124 Å². The van der Waals surface area contributed by atoms with Crippen LogP contribution in [0.3, 0.4) is 0 Å². The van der Waals surface area contributed by atoms with Crippen molar-refractivity contribution >= 4 is 66.7 Å². The van der Waals surface area contributed by atoms with Crippen molar-refractivity contribution in [3.63, 3.8) is 0 Å². The van der Waals surface area contributed by atoms with E-state index in [0.29, 0.717) is 29.9 Å². The third-order valence-electron chi connectivity index (χ3n) is 6.28. The number of nitrogens with one attached hydrogen (secondary N) is 1. The summed E-state index contributed by atoms with van der Waals surface area (Å²) in [6.45, 7) is 4.73. The molecule has 1 aliphatic heterocycles. The average Bonchev–Trinajstić information content (AvgIpc) is 3.49. The number of thiazole rings is 2. The van der Waals surface area contributed by atoms with E-state index in [1.165, 1.54) is 11.3 Å². The van der Waals surface area contributed by atoms with Gasteiger partial charge in [0, 0.05) is 31.9 Å². The first-order valence-corrected chi connectivity index (χ1v) is 13.1. The molecule has 1 aromatic carbocycles. The molecule has 1 aliphatic rings. The molecule has 0 radical (unpaired) electrons. The second kappa shape index (κ2) is 9.78. The van der Waals surface area contributed by atoms with E-state index < -0.39 is 5.97 Å². The van der Waals surface area contributed by atoms with Gasteiger partial charge in [-0.15, -0.1) is 21.5 Å². The third-order valence-corrected chi connectivity index (χ3v) is 8.52. The van der Waals surface area contributed by atoms with Crippen molar-refractivity contribution in [1.29, 1.82) is 0 Å². The summed E-state index contributed by atoms with van der Waals surface area (Å²) in [6.07, 6.45) is 1.44. The number of benzene rings is 1. The van der Waals surface area contributed by atoms with Crippen molar-refractivity contribution in [3.8, 4) is 0 Å². The predicted molar refractivity (Wildman–Crippen MR) is 141 cm³/mol. The van der Waals surface area contributed by atoms with Crippen LogP contribution in [0.1, 0.15) is 46.6 Å². The van der Waals surface area contributed by atoms with Gasteiger partial charge < -0.3 is 20.2 Å². The predicted octanol–water partition coefficient (Wildman–Crippen LogP) is 4.79. The number of likely N-dealkylation sites (tertiary alicyclic amines) is 1. The van der Waals surface area contributed by atoms with Gasteiger partial charge in [-0.3, -0.25) is 4.79 Å². The first kappa shape index (κ1) is 24.1. The molecule has 1 fully saturated rings. The van der Waals surface area contributed by atoms with Crippen LogP contribution in [0.4, 0.5) is 21.9 Å². The number of aromatic carboxylic acids is 1. The lowest BCUT2D eigenvalue weighted by molar-refractivity contribution is -0.129. The molecule has 1 amide bonds. The van der Waals surface area contributed by atoms with Crippen LogP contribution in [0.5, 0.6) is 0 Å². The van der Waals surface area contributed by atoms with Gasteiger partial charge in [0.05, 0.1) is 10.2 Å². The lowest BCUT2D eigenvalue weighted by Crippen LogP contribution is -2.36. The molecular formula is C24H25N7O3S2. The quantitative estimate of drug-likeness (QED) is 0.367. The second-order valence-electron chi connectivity index (χ2n) is 8.70. The Morgan fingerprint density at radius 3 is 2.56 bits per heavy atom. The van der Waals surface area contributed by atoms with E-state index in [2.05, 4.69) is 25.5 Å². The maximum atomic E-state index is 12.0. The minimum Gasteiger partial charge on any atom is -0.476 e. The number of nitrogens with zero attached hydrogens (tertiary/aromatic N) is 6. The summed E-state index contributed by atoms with van der Waals surface area (Å²) in [5.74, 6) is 0.222. The molecule has 12 heteroatoms. The van der Waals surface area contributed by atoms with E-state index >= 15 is 0 Å². The maximum Gasteiger partial charge on any atom is 0.355 e. The fourth-order valence-corrected chi connectivity index (χ4v) is 6.29. The van der Waals surface area contributed by atoms with Gasteiger partial charge in [0.15, 0.2) is 27.6 Å². The Bertz CT molecular complexity index is 1410. The smallest absolute Gasteiger partial charge is 0.355 e. The highest BCUT2D eigenvalue weighted by molar-refractivity contribution is 7.22. The van der Waals surface area contributed by atoms with Gasteiger partial charge in [-0.25, -0.2) is 14.8 Å². The Morgan fingerprint density at radius 1 is 1.14 bits per heavy atom. The van der Waals surface area contributed by atoms with Gasteiger partial charge in [0.2, 0.25) is 5.91 Å². The zero-order valence-electron chi connectivity index (χ0n) is 20.1. The number of carboxylic acids is 1. The molecule has 0 unspecified atom stereocenters. The number of para-hydroxylation sites is 1. The zero-order chi connectivity index (χ0) is 25.4. The van der Waals surface area contributed by atoms with Gasteiger partial charge in [-0.1, -0.05) is 23.5 Å². The molecule has 1 saturated heterocycles. The van der Waals surface area contributed by atoms with Crippen LogP contribution in [0, 0.1) is 6.92 Å². The highest BCUT2D eigenvalue weighted by Crippen LogP contribution is 2.39. The molecule has 0 spiro atoms. The normalized spacial score (nSPS) is 14.2. The van der Waals surface area contributed by atoms with E-state index in [4.69, 9.17) is 0 Å². The summed E-state index contributed by atoms with van der Waals surface area (Å²) in [5, 5.41) is 23.0. The van der Waals surface area contributed by atoms with Crippen molar-refractivity contribution in [3.05, 3.63) is 46.5 Å². The minimum atomic E-state index is -1.05. The van der Waals surface area contributed by atoms with Gasteiger partial charge in [-0.2, -0.15) is 0 Å². The molecule has 4 heterocycles. The minimum absolute atomic E-state index is 0.0478. The molecule has 3 aromatic heterocycles. The van der Waals surface area contributed by atoms with Crippen molar-refractivity contribution < 1.29 is 14.7 Å². The summed E-state index contributed by atoms with van der Waals surface area (Å²) in [4.78, 5) is 36.9. The zero-order valence-corrected chi connectivity index (χ0v) is 21.7. The Balaban J connectivity index is 1.36. The number of amides is 1. The van der Waals surface area contributed by atoms with Crippen LogP contribution in [-0.2, 0) is 4.79 Å². The average molecular weight is 524 g/mol. The highest BCUT2D eigenvalue weighted by atomic mass is 32.1. The Morgan fingerprint density at radius 2 is 1.89 bits per heavy atom. The first-order valence-electron chi connectivity index (χ1n) is 11.5. The number of hydrogen-bond acceptors (Lipinski definition) is 10. The number of carbonyl (C=O) groups is 2. The molecule has 0 atom stereocenters. The lowest BCUT2D eigenvalue weighted by Gasteiger charge is -2.30. The van der Waals surface area contributed by atoms with Crippen LogP contribution < -0.4 is 10.2 Å². The van der Waals surface area contributed by atoms with E-state index in [9.17, 15) is 14.7 Å². The summed E-state index contributed by atoms with van der Waals surface area (Å²) in [6, 6.07) is 9.81. The van der Waals surface area contributed by atoms with Crippen molar-refractivity contribution in [1.82, 2.24) is 25.1 Å². The number of rotatable bonds is 6. The summed E-state index contributed by atoms with van der Waals surface area (Å²) >= 11 is 2.91. The number of aryl methyl sites for hydroxylation is 1. The van der Waals surface area contributed by atoms with Crippen LogP contribution in [-0.4, -0.2) is 62.2 Å². The Labute approximate surface area is 215 Å². The first-order chi connectivity index (χ1) is 17.3. The molecule has 10 nitrogen and oxygen atoms in total. The molecule has 36 heavy (non-hydrogen) atoms. The second-order valence-corrected chi connectivity index (χ2v) is 10.7. The van der Waals surface area contributed by atoms with Crippen molar-refractivity contribution in [2.24, 2.45) is 0 Å². The van der Waals surface area contributed by atoms with E-state index in [1.54, 1.807) is 35.1 Å². The number of aromatic nitrogens is 4. The molecule has 186 valence electrons. The largest absolute Gasteiger partial charge is 0.476 e. The highest BCUT2D eigenvalue weighted by Gasteiger charge is 2.30. The molecule has 0 aliphatic carbocycles. The van der Waals surface area contributed by atoms with E-state index in [-0.39, 0.29) is 17.5 Å². The lowest BCUT2D eigenvalue weighted by atomic mass is 9.94. The van der Waals surface area contributed by atoms with Crippen LogP contribution in [0.15, 0.2) is 30.3 Å². The molecular weight excluding hydrogens is 498 g/mol. The van der Waals surface area contributed by atoms with Crippen molar-refractivity contribution in [2.45, 2.75) is 32.6 Å². The number of fused-ring (bicyclic) bond motifs is 1. The van der Waals surface area contributed by atoms with Gasteiger partial charge in [0.1, 0.15) is 0 Å². The van der Waals surface area contributed by atoms with Crippen molar-refractivity contribution in [2.75, 3.05) is 30.4 Å². The fourth-order valence-electron chi connectivity index (χ4n) is 4.23. The van der Waals surface area contributed by atoms with Gasteiger partial charge >= 0.3 is 5.97 Å². The Kier molecular flexibility index (Phi) is 6.54. The number of carbonyl (C=O) groups excluding carboxylic acids is 1. The Hall–Kier alpha value is -3.64. The van der Waals surface area contributed by atoms with E-state index in [1.807, 2.05) is 37.3 Å². The van der Waals surface area contributed by atoms with Crippen LogP contribution in [0.25, 0.3) is 10.2 Å². The SMILES string of the molecule is CC(=O)N1CCC(c2sc(N(C)c3cc(C)c(Nc4nc5ccccc5s4)nn3)nc2C(=O)O)CC1. The summed E-state index contributed by atoms with van der Waals surface area (Å²) in [7, 11) is 1.80. The number of piperidine rings is 1. The molecule has 2 N–H and O–H groups in total. The standard InChI is InChI=1S/C24H25N7O3S2/c1-13-12-18(28-29-21(13)27-23-25-16-6-4-5-7-17(16)35-23)30(3)24-26-19(22(33)34)20(36-24)15-8-10-31(11-9-15)14(2)32/h4-7,12,15H,8-11H2,1-3H3,(H,33,34)(H,25,27,29). The number of anilines is 4. The molecule has 5 rings (SSSR count). The van der Waals surface area contributed by atoms with E-state index in [0.717, 1.165) is 38.6 Å². The molecule has 0 bridgehead atoms. The van der Waals surface area contributed by atoms with Gasteiger partial charge in [0.25, 0.3) is 0 Å². The van der Waals surface area contributed by atoms with Crippen LogP contribution >= 0.6 is 22.7 Å². The maximum absolute atomic E-state index is 12.0. The fraction of sp³-hybridized carbons (Fsp3) is 0.333. The monoisotopic (exact) mass is 523 g/mol.